The number of anilines is 1. The number of alkyl halides is 3. The number of nitro benzene ring substituents is 1. The minimum absolute atomic E-state index is 0.0342. The summed E-state index contributed by atoms with van der Waals surface area (Å²) in [7, 11) is 0. The standard InChI is InChI=1S/C12H9F3N4O2/c13-12(14,15)10-5-6-11(18-17-10)16-7-8-1-3-9(4-2-8)19(20)21/h1-6H,7H2,(H,16,18). The fourth-order valence-corrected chi connectivity index (χ4v) is 1.51. The fraction of sp³-hybridized carbons (Fsp3) is 0.167. The summed E-state index contributed by atoms with van der Waals surface area (Å²) in [6.45, 7) is 0.262. The number of nitrogens with zero attached hydrogens (tertiary/aromatic N) is 3. The Kier molecular flexibility index (Phi) is 4.01. The van der Waals surface area contributed by atoms with E-state index >= 15 is 0 Å². The lowest BCUT2D eigenvalue weighted by Crippen LogP contribution is -2.10. The monoisotopic (exact) mass is 298 g/mol. The maximum Gasteiger partial charge on any atom is 0.435 e. The van der Waals surface area contributed by atoms with Gasteiger partial charge in [-0.05, 0) is 17.7 Å². The van der Waals surface area contributed by atoms with E-state index in [-0.39, 0.29) is 18.1 Å². The number of hydrogen-bond acceptors (Lipinski definition) is 5. The number of benzene rings is 1. The van der Waals surface area contributed by atoms with Crippen LogP contribution in [0.15, 0.2) is 36.4 Å². The molecule has 21 heavy (non-hydrogen) atoms. The Morgan fingerprint density at radius 3 is 2.24 bits per heavy atom. The van der Waals surface area contributed by atoms with E-state index in [2.05, 4.69) is 15.5 Å². The molecule has 1 N–H and O–H groups in total. The van der Waals surface area contributed by atoms with Crippen LogP contribution < -0.4 is 5.32 Å². The van der Waals surface area contributed by atoms with Crippen molar-refractivity contribution < 1.29 is 18.1 Å². The first-order valence-corrected chi connectivity index (χ1v) is 5.74. The number of nitro groups is 1. The molecule has 0 unspecified atom stereocenters. The molecule has 9 heteroatoms. The molecule has 1 aromatic heterocycles. The van der Waals surface area contributed by atoms with E-state index in [1.165, 1.54) is 18.2 Å². The smallest absolute Gasteiger partial charge is 0.365 e. The van der Waals surface area contributed by atoms with Crippen molar-refractivity contribution in [2.45, 2.75) is 12.7 Å². The summed E-state index contributed by atoms with van der Waals surface area (Å²) in [6.07, 6.45) is -4.52. The van der Waals surface area contributed by atoms with Crippen molar-refractivity contribution in [1.82, 2.24) is 10.2 Å². The Hall–Kier alpha value is -2.71. The van der Waals surface area contributed by atoms with Crippen molar-refractivity contribution in [2.24, 2.45) is 0 Å². The number of aromatic nitrogens is 2. The Labute approximate surface area is 116 Å². The minimum atomic E-state index is -4.52. The molecule has 0 saturated carbocycles. The van der Waals surface area contributed by atoms with E-state index in [0.29, 0.717) is 0 Å². The lowest BCUT2D eigenvalue weighted by atomic mass is 10.2. The van der Waals surface area contributed by atoms with Gasteiger partial charge in [-0.1, -0.05) is 12.1 Å². The van der Waals surface area contributed by atoms with Gasteiger partial charge < -0.3 is 5.32 Å². The zero-order valence-corrected chi connectivity index (χ0v) is 10.5. The molecule has 2 aromatic rings. The second-order valence-corrected chi connectivity index (χ2v) is 4.08. The molecule has 0 spiro atoms. The molecule has 0 aliphatic carbocycles. The normalized spacial score (nSPS) is 11.2. The van der Waals surface area contributed by atoms with Crippen molar-refractivity contribution in [2.75, 3.05) is 5.32 Å². The highest BCUT2D eigenvalue weighted by Crippen LogP contribution is 2.27. The highest BCUT2D eigenvalue weighted by atomic mass is 19.4. The Bertz CT molecular complexity index is 626. The molecule has 110 valence electrons. The van der Waals surface area contributed by atoms with Gasteiger partial charge in [-0.2, -0.15) is 13.2 Å². The second-order valence-electron chi connectivity index (χ2n) is 4.08. The molecule has 0 aliphatic heterocycles. The van der Waals surface area contributed by atoms with Crippen LogP contribution in [0.5, 0.6) is 0 Å². The van der Waals surface area contributed by atoms with Gasteiger partial charge in [0.05, 0.1) is 4.92 Å². The van der Waals surface area contributed by atoms with Crippen molar-refractivity contribution in [3.05, 3.63) is 57.8 Å². The second kappa shape index (κ2) is 5.73. The van der Waals surface area contributed by atoms with Crippen LogP contribution in [-0.4, -0.2) is 15.1 Å². The number of hydrogen-bond donors (Lipinski definition) is 1. The van der Waals surface area contributed by atoms with Gasteiger partial charge in [-0.15, -0.1) is 10.2 Å². The third-order valence-electron chi connectivity index (χ3n) is 2.58. The highest BCUT2D eigenvalue weighted by molar-refractivity contribution is 5.37. The average Bonchev–Trinajstić information content (AvgIpc) is 2.45. The van der Waals surface area contributed by atoms with Crippen molar-refractivity contribution in [3.8, 4) is 0 Å². The van der Waals surface area contributed by atoms with E-state index in [9.17, 15) is 23.3 Å². The number of non-ortho nitro benzene ring substituents is 1. The van der Waals surface area contributed by atoms with Crippen LogP contribution in [0.1, 0.15) is 11.3 Å². The first-order chi connectivity index (χ1) is 9.86. The lowest BCUT2D eigenvalue weighted by Gasteiger charge is -2.07. The summed E-state index contributed by atoms with van der Waals surface area (Å²) in [5, 5.41) is 19.8. The molecule has 2 rings (SSSR count). The molecule has 0 aliphatic rings. The van der Waals surface area contributed by atoms with Crippen molar-refractivity contribution in [3.63, 3.8) is 0 Å². The van der Waals surface area contributed by atoms with Gasteiger partial charge in [0.2, 0.25) is 0 Å². The zero-order chi connectivity index (χ0) is 15.5. The van der Waals surface area contributed by atoms with Crippen LogP contribution in [0.3, 0.4) is 0 Å². The van der Waals surface area contributed by atoms with Crippen molar-refractivity contribution >= 4 is 11.5 Å². The van der Waals surface area contributed by atoms with E-state index in [1.54, 1.807) is 12.1 Å². The van der Waals surface area contributed by atoms with Gasteiger partial charge in [-0.3, -0.25) is 10.1 Å². The van der Waals surface area contributed by atoms with Gasteiger partial charge in [0, 0.05) is 18.7 Å². The third-order valence-corrected chi connectivity index (χ3v) is 2.58. The molecule has 0 saturated heterocycles. The van der Waals surface area contributed by atoms with Gasteiger partial charge in [0.1, 0.15) is 5.82 Å². The van der Waals surface area contributed by atoms with Crippen LogP contribution in [0.4, 0.5) is 24.7 Å². The van der Waals surface area contributed by atoms with Crippen LogP contribution >= 0.6 is 0 Å². The van der Waals surface area contributed by atoms with E-state index < -0.39 is 16.8 Å². The van der Waals surface area contributed by atoms with Crippen LogP contribution in [-0.2, 0) is 12.7 Å². The molecule has 1 aromatic carbocycles. The predicted molar refractivity (Wildman–Crippen MR) is 67.5 cm³/mol. The Morgan fingerprint density at radius 2 is 1.76 bits per heavy atom. The fourth-order valence-electron chi connectivity index (χ4n) is 1.51. The first-order valence-electron chi connectivity index (χ1n) is 5.74. The van der Waals surface area contributed by atoms with Gasteiger partial charge in [0.15, 0.2) is 5.69 Å². The van der Waals surface area contributed by atoms with E-state index in [0.717, 1.165) is 11.6 Å². The maximum atomic E-state index is 12.3. The summed E-state index contributed by atoms with van der Waals surface area (Å²) >= 11 is 0. The molecule has 1 heterocycles. The Morgan fingerprint density at radius 1 is 1.10 bits per heavy atom. The quantitative estimate of drug-likeness (QED) is 0.693. The SMILES string of the molecule is O=[N+]([O-])c1ccc(CNc2ccc(C(F)(F)F)nn2)cc1. The van der Waals surface area contributed by atoms with Gasteiger partial charge >= 0.3 is 6.18 Å². The van der Waals surface area contributed by atoms with Crippen LogP contribution in [0.2, 0.25) is 0 Å². The molecule has 0 fully saturated rings. The lowest BCUT2D eigenvalue weighted by molar-refractivity contribution is -0.384. The Balaban J connectivity index is 1.98. The molecule has 0 bridgehead atoms. The largest absolute Gasteiger partial charge is 0.435 e. The molecule has 0 atom stereocenters. The van der Waals surface area contributed by atoms with Gasteiger partial charge in [0.25, 0.3) is 5.69 Å². The summed E-state index contributed by atoms with van der Waals surface area (Å²) in [5.41, 5.74) is -0.376. The number of rotatable bonds is 4. The molecular formula is C12H9F3N4O2. The predicted octanol–water partition coefficient (Wildman–Crippen LogP) is 3.02. The van der Waals surface area contributed by atoms with Gasteiger partial charge in [-0.25, -0.2) is 0 Å². The van der Waals surface area contributed by atoms with E-state index in [4.69, 9.17) is 0 Å². The average molecular weight is 298 g/mol. The number of halogens is 3. The third kappa shape index (κ3) is 3.88. The highest BCUT2D eigenvalue weighted by Gasteiger charge is 2.32. The summed E-state index contributed by atoms with van der Waals surface area (Å²) in [5.74, 6) is 0.182. The zero-order valence-electron chi connectivity index (χ0n) is 10.5. The maximum absolute atomic E-state index is 12.3. The summed E-state index contributed by atoms with van der Waals surface area (Å²) in [4.78, 5) is 9.97. The van der Waals surface area contributed by atoms with E-state index in [1.807, 2.05) is 0 Å². The molecule has 6 nitrogen and oxygen atoms in total. The van der Waals surface area contributed by atoms with Crippen LogP contribution in [0.25, 0.3) is 0 Å². The molecule has 0 amide bonds. The summed E-state index contributed by atoms with van der Waals surface area (Å²) < 4.78 is 36.9. The molecule has 0 radical (unpaired) electrons. The summed E-state index contributed by atoms with van der Waals surface area (Å²) in [6, 6.07) is 7.77. The number of nitrogens with one attached hydrogen (secondary N) is 1. The van der Waals surface area contributed by atoms with Crippen molar-refractivity contribution in [1.29, 1.82) is 0 Å². The minimum Gasteiger partial charge on any atom is -0.365 e. The van der Waals surface area contributed by atoms with Crippen LogP contribution in [0, 0.1) is 10.1 Å². The first kappa shape index (κ1) is 14.7. The topological polar surface area (TPSA) is 81.0 Å². The molecular weight excluding hydrogens is 289 g/mol.